The molecule has 0 aliphatic carbocycles. The van der Waals surface area contributed by atoms with Crippen LogP contribution in [0.2, 0.25) is 0 Å². The molecule has 0 radical (unpaired) electrons. The number of benzene rings is 2. The predicted octanol–water partition coefficient (Wildman–Crippen LogP) is 5.41. The Bertz CT molecular complexity index is 1050. The highest BCUT2D eigenvalue weighted by molar-refractivity contribution is 5.96. The van der Waals surface area contributed by atoms with Crippen molar-refractivity contribution in [3.05, 3.63) is 78.2 Å². The van der Waals surface area contributed by atoms with Gasteiger partial charge in [-0.2, -0.15) is 0 Å². The van der Waals surface area contributed by atoms with Crippen molar-refractivity contribution in [1.82, 2.24) is 10.3 Å². The Morgan fingerprint density at radius 1 is 0.968 bits per heavy atom. The van der Waals surface area contributed by atoms with E-state index in [1.165, 1.54) is 19.1 Å². The SMILES string of the molecule is CC(=O)[C@H](CC(C)C)NC(=O)c1cccc(-c2ccc(Oc3ccc(F)cc3)cc2)n1. The largest absolute Gasteiger partial charge is 0.457 e. The third kappa shape index (κ3) is 6.22. The van der Waals surface area contributed by atoms with Gasteiger partial charge in [-0.3, -0.25) is 9.59 Å². The smallest absolute Gasteiger partial charge is 0.270 e. The molecule has 0 spiro atoms. The van der Waals surface area contributed by atoms with Crippen LogP contribution in [-0.4, -0.2) is 22.7 Å². The van der Waals surface area contributed by atoms with Crippen LogP contribution in [-0.2, 0) is 4.79 Å². The van der Waals surface area contributed by atoms with Crippen molar-refractivity contribution in [2.24, 2.45) is 5.92 Å². The molecule has 1 aromatic heterocycles. The van der Waals surface area contributed by atoms with Crippen molar-refractivity contribution >= 4 is 11.7 Å². The molecule has 2 aromatic carbocycles. The summed E-state index contributed by atoms with van der Waals surface area (Å²) in [5.74, 6) is 0.643. The minimum absolute atomic E-state index is 0.0741. The zero-order valence-corrected chi connectivity index (χ0v) is 17.8. The molecule has 0 unspecified atom stereocenters. The van der Waals surface area contributed by atoms with Gasteiger partial charge in [-0.05, 0) is 79.9 Å². The molecule has 0 fully saturated rings. The lowest BCUT2D eigenvalue weighted by Crippen LogP contribution is -2.41. The Morgan fingerprint density at radius 2 is 1.58 bits per heavy atom. The number of hydrogen-bond acceptors (Lipinski definition) is 4. The predicted molar refractivity (Wildman–Crippen MR) is 118 cm³/mol. The van der Waals surface area contributed by atoms with Crippen molar-refractivity contribution in [3.63, 3.8) is 0 Å². The number of ether oxygens (including phenoxy) is 1. The summed E-state index contributed by atoms with van der Waals surface area (Å²) in [7, 11) is 0. The molecule has 1 amide bonds. The Morgan fingerprint density at radius 3 is 2.16 bits per heavy atom. The van der Waals surface area contributed by atoms with Gasteiger partial charge in [-0.25, -0.2) is 9.37 Å². The van der Waals surface area contributed by atoms with Crippen LogP contribution in [0.5, 0.6) is 11.5 Å². The number of pyridine rings is 1. The Labute approximate surface area is 181 Å². The fourth-order valence-corrected chi connectivity index (χ4v) is 3.08. The second kappa shape index (κ2) is 9.98. The molecule has 3 aromatic rings. The number of Topliss-reactive ketones (excluding diaryl/α,β-unsaturated/α-hetero) is 1. The highest BCUT2D eigenvalue weighted by Gasteiger charge is 2.20. The number of carbonyl (C=O) groups excluding carboxylic acids is 2. The van der Waals surface area contributed by atoms with Crippen molar-refractivity contribution in [2.45, 2.75) is 33.2 Å². The Kier molecular flexibility index (Phi) is 7.13. The van der Waals surface area contributed by atoms with E-state index in [4.69, 9.17) is 4.74 Å². The summed E-state index contributed by atoms with van der Waals surface area (Å²) in [6.07, 6.45) is 0.580. The minimum atomic E-state index is -0.527. The van der Waals surface area contributed by atoms with Crippen LogP contribution in [0.4, 0.5) is 4.39 Å². The van der Waals surface area contributed by atoms with Gasteiger partial charge >= 0.3 is 0 Å². The highest BCUT2D eigenvalue weighted by atomic mass is 19.1. The van der Waals surface area contributed by atoms with Gasteiger partial charge in [-0.1, -0.05) is 19.9 Å². The van der Waals surface area contributed by atoms with Crippen LogP contribution < -0.4 is 10.1 Å². The van der Waals surface area contributed by atoms with Gasteiger partial charge in [0.05, 0.1) is 11.7 Å². The summed E-state index contributed by atoms with van der Waals surface area (Å²) >= 11 is 0. The number of nitrogens with one attached hydrogen (secondary N) is 1. The molecule has 1 atom stereocenters. The number of hydrogen-bond donors (Lipinski definition) is 1. The average Bonchev–Trinajstić information content (AvgIpc) is 2.75. The zero-order valence-electron chi connectivity index (χ0n) is 17.8. The monoisotopic (exact) mass is 420 g/mol. The van der Waals surface area contributed by atoms with E-state index in [0.29, 0.717) is 23.6 Å². The molecule has 31 heavy (non-hydrogen) atoms. The molecule has 1 N–H and O–H groups in total. The molecule has 1 heterocycles. The van der Waals surface area contributed by atoms with Crippen LogP contribution in [0.1, 0.15) is 37.7 Å². The van der Waals surface area contributed by atoms with E-state index in [0.717, 1.165) is 5.56 Å². The first-order chi connectivity index (χ1) is 14.8. The Hall–Kier alpha value is -3.54. The van der Waals surface area contributed by atoms with Crippen LogP contribution in [0.3, 0.4) is 0 Å². The van der Waals surface area contributed by atoms with Crippen molar-refractivity contribution in [1.29, 1.82) is 0 Å². The number of ketones is 1. The summed E-state index contributed by atoms with van der Waals surface area (Å²) in [6.45, 7) is 5.49. The van der Waals surface area contributed by atoms with Crippen LogP contribution in [0, 0.1) is 11.7 Å². The van der Waals surface area contributed by atoms with Crippen LogP contribution in [0.15, 0.2) is 66.7 Å². The first-order valence-electron chi connectivity index (χ1n) is 10.1. The summed E-state index contributed by atoms with van der Waals surface area (Å²) < 4.78 is 18.7. The quantitative estimate of drug-likeness (QED) is 0.529. The summed E-state index contributed by atoms with van der Waals surface area (Å²) in [5, 5.41) is 2.79. The standard InChI is InChI=1S/C25H25FN2O3/c1-16(2)15-24(17(3)29)28-25(30)23-6-4-5-22(27-23)18-7-11-20(12-8-18)31-21-13-9-19(26)10-14-21/h4-14,16,24H,15H2,1-3H3,(H,28,30)/t24-/m0/s1. The lowest BCUT2D eigenvalue weighted by Gasteiger charge is -2.17. The maximum Gasteiger partial charge on any atom is 0.270 e. The number of nitrogens with zero attached hydrogens (tertiary/aromatic N) is 1. The van der Waals surface area contributed by atoms with Crippen LogP contribution in [0.25, 0.3) is 11.3 Å². The molecular weight excluding hydrogens is 395 g/mol. The van der Waals surface area contributed by atoms with Crippen molar-refractivity contribution in [2.75, 3.05) is 0 Å². The average molecular weight is 420 g/mol. The van der Waals surface area contributed by atoms with E-state index in [1.807, 2.05) is 32.0 Å². The van der Waals surface area contributed by atoms with E-state index < -0.39 is 6.04 Å². The normalized spacial score (nSPS) is 11.8. The molecule has 0 saturated carbocycles. The molecule has 0 aliphatic rings. The third-order valence-electron chi connectivity index (χ3n) is 4.68. The molecule has 0 aliphatic heterocycles. The van der Waals surface area contributed by atoms with Gasteiger partial charge < -0.3 is 10.1 Å². The third-order valence-corrected chi connectivity index (χ3v) is 4.68. The first kappa shape index (κ1) is 22.2. The first-order valence-corrected chi connectivity index (χ1v) is 10.1. The van der Waals surface area contributed by atoms with Gasteiger partial charge in [0.2, 0.25) is 0 Å². The van der Waals surface area contributed by atoms with Crippen LogP contribution >= 0.6 is 0 Å². The second-order valence-electron chi connectivity index (χ2n) is 7.75. The molecular formula is C25H25FN2O3. The second-order valence-corrected chi connectivity index (χ2v) is 7.75. The molecule has 5 nitrogen and oxygen atoms in total. The fraction of sp³-hybridized carbons (Fsp3) is 0.240. The van der Waals surface area contributed by atoms with E-state index in [-0.39, 0.29) is 29.1 Å². The van der Waals surface area contributed by atoms with Gasteiger partial charge in [0.15, 0.2) is 5.78 Å². The van der Waals surface area contributed by atoms with Crippen molar-refractivity contribution < 1.29 is 18.7 Å². The van der Waals surface area contributed by atoms with Gasteiger partial charge in [-0.15, -0.1) is 0 Å². The summed E-state index contributed by atoms with van der Waals surface area (Å²) in [4.78, 5) is 28.9. The zero-order chi connectivity index (χ0) is 22.4. The van der Waals surface area contributed by atoms with E-state index in [2.05, 4.69) is 10.3 Å². The summed E-state index contributed by atoms with van der Waals surface area (Å²) in [5.41, 5.74) is 1.69. The number of rotatable bonds is 8. The summed E-state index contributed by atoms with van der Waals surface area (Å²) in [6, 6.07) is 17.7. The topological polar surface area (TPSA) is 68.3 Å². The minimum Gasteiger partial charge on any atom is -0.457 e. The van der Waals surface area contributed by atoms with Crippen molar-refractivity contribution in [3.8, 4) is 22.8 Å². The number of aromatic nitrogens is 1. The molecule has 6 heteroatoms. The molecule has 0 saturated heterocycles. The van der Waals surface area contributed by atoms with E-state index in [1.54, 1.807) is 36.4 Å². The van der Waals surface area contributed by atoms with E-state index >= 15 is 0 Å². The molecule has 160 valence electrons. The maximum atomic E-state index is 13.0. The lowest BCUT2D eigenvalue weighted by atomic mass is 10.0. The molecule has 0 bridgehead atoms. The lowest BCUT2D eigenvalue weighted by molar-refractivity contribution is -0.119. The Balaban J connectivity index is 1.72. The van der Waals surface area contributed by atoms with Gasteiger partial charge in [0.25, 0.3) is 5.91 Å². The van der Waals surface area contributed by atoms with Gasteiger partial charge in [0, 0.05) is 5.56 Å². The van der Waals surface area contributed by atoms with Gasteiger partial charge in [0.1, 0.15) is 23.0 Å². The number of amides is 1. The highest BCUT2D eigenvalue weighted by Crippen LogP contribution is 2.25. The number of carbonyl (C=O) groups is 2. The fourth-order valence-electron chi connectivity index (χ4n) is 3.08. The maximum absolute atomic E-state index is 13.0. The number of halogens is 1. The molecule has 3 rings (SSSR count). The van der Waals surface area contributed by atoms with E-state index in [9.17, 15) is 14.0 Å².